The van der Waals surface area contributed by atoms with E-state index in [1.54, 1.807) is 12.3 Å². The first-order valence-corrected chi connectivity index (χ1v) is 9.66. The van der Waals surface area contributed by atoms with Crippen molar-refractivity contribution in [2.45, 2.75) is 18.9 Å². The van der Waals surface area contributed by atoms with Crippen LogP contribution >= 0.6 is 12.4 Å². The molecule has 2 saturated heterocycles. The molecule has 0 aromatic carbocycles. The lowest BCUT2D eigenvalue weighted by Crippen LogP contribution is -2.44. The Morgan fingerprint density at radius 1 is 1.21 bits per heavy atom. The maximum absolute atomic E-state index is 12.5. The number of nitrogens with one attached hydrogen (secondary N) is 2. The molecule has 0 radical (unpaired) electrons. The van der Waals surface area contributed by atoms with Gasteiger partial charge < -0.3 is 20.4 Å². The van der Waals surface area contributed by atoms with E-state index < -0.39 is 0 Å². The predicted molar refractivity (Wildman–Crippen MR) is 113 cm³/mol. The quantitative estimate of drug-likeness (QED) is 0.805. The van der Waals surface area contributed by atoms with E-state index in [1.807, 2.05) is 23.0 Å². The Bertz CT molecular complexity index is 765. The SMILES string of the molecule is CN1CCN(c2ccc(NC(=O)c3ccn(C4CCCNC4)n3)cn2)CC1.Cl. The van der Waals surface area contributed by atoms with Crippen LogP contribution < -0.4 is 15.5 Å². The van der Waals surface area contributed by atoms with Gasteiger partial charge in [-0.3, -0.25) is 9.48 Å². The molecule has 1 amide bonds. The second-order valence-corrected chi connectivity index (χ2v) is 7.33. The molecule has 4 rings (SSSR count). The molecule has 9 heteroatoms. The highest BCUT2D eigenvalue weighted by molar-refractivity contribution is 6.02. The number of nitrogens with zero attached hydrogens (tertiary/aromatic N) is 5. The number of rotatable bonds is 4. The fourth-order valence-electron chi connectivity index (χ4n) is 3.60. The number of amides is 1. The van der Waals surface area contributed by atoms with Crippen molar-refractivity contribution in [3.63, 3.8) is 0 Å². The summed E-state index contributed by atoms with van der Waals surface area (Å²) >= 11 is 0. The lowest BCUT2D eigenvalue weighted by atomic mass is 10.1. The number of piperazine rings is 1. The number of piperidine rings is 1. The number of hydrogen-bond donors (Lipinski definition) is 2. The van der Waals surface area contributed by atoms with Gasteiger partial charge in [-0.1, -0.05) is 0 Å². The standard InChI is InChI=1S/C19H27N7O.ClH/c1-24-9-11-25(12-10-24)18-5-4-15(13-21-18)22-19(27)17-6-8-26(23-17)16-3-2-7-20-14-16;/h4-6,8,13,16,20H,2-3,7,9-12,14H2,1H3,(H,22,27);1H. The van der Waals surface area contributed by atoms with Crippen LogP contribution in [0.3, 0.4) is 0 Å². The molecule has 2 fully saturated rings. The average molecular weight is 406 g/mol. The lowest BCUT2D eigenvalue weighted by Gasteiger charge is -2.33. The van der Waals surface area contributed by atoms with Crippen LogP contribution in [0.4, 0.5) is 11.5 Å². The van der Waals surface area contributed by atoms with Crippen LogP contribution in [0, 0.1) is 0 Å². The van der Waals surface area contributed by atoms with Gasteiger partial charge in [0.05, 0.1) is 17.9 Å². The minimum Gasteiger partial charge on any atom is -0.354 e. The smallest absolute Gasteiger partial charge is 0.276 e. The summed E-state index contributed by atoms with van der Waals surface area (Å²) in [5, 5.41) is 10.7. The Balaban J connectivity index is 0.00000225. The van der Waals surface area contributed by atoms with Crippen molar-refractivity contribution < 1.29 is 4.79 Å². The second-order valence-electron chi connectivity index (χ2n) is 7.33. The van der Waals surface area contributed by atoms with Crippen LogP contribution in [0.25, 0.3) is 0 Å². The number of carbonyl (C=O) groups is 1. The Morgan fingerprint density at radius 2 is 2.04 bits per heavy atom. The Morgan fingerprint density at radius 3 is 2.71 bits per heavy atom. The van der Waals surface area contributed by atoms with Gasteiger partial charge in [-0.05, 0) is 44.6 Å². The second kappa shape index (κ2) is 9.36. The molecule has 0 aliphatic carbocycles. The van der Waals surface area contributed by atoms with Crippen molar-refractivity contribution >= 4 is 29.8 Å². The summed E-state index contributed by atoms with van der Waals surface area (Å²) in [6, 6.07) is 5.97. The molecule has 0 bridgehead atoms. The van der Waals surface area contributed by atoms with E-state index in [1.165, 1.54) is 0 Å². The molecule has 0 saturated carbocycles. The molecule has 2 N–H and O–H groups in total. The van der Waals surface area contributed by atoms with Gasteiger partial charge in [-0.2, -0.15) is 5.10 Å². The molecule has 2 aromatic heterocycles. The molecule has 28 heavy (non-hydrogen) atoms. The predicted octanol–water partition coefficient (Wildman–Crippen LogP) is 1.63. The van der Waals surface area contributed by atoms with Crippen molar-refractivity contribution in [1.82, 2.24) is 25.0 Å². The molecule has 152 valence electrons. The molecule has 2 aliphatic heterocycles. The summed E-state index contributed by atoms with van der Waals surface area (Å²) in [7, 11) is 2.13. The summed E-state index contributed by atoms with van der Waals surface area (Å²) in [6.07, 6.45) is 5.83. The third-order valence-corrected chi connectivity index (χ3v) is 5.32. The molecule has 1 atom stereocenters. The first-order valence-electron chi connectivity index (χ1n) is 9.66. The lowest BCUT2D eigenvalue weighted by molar-refractivity contribution is 0.102. The minimum atomic E-state index is -0.202. The molecule has 0 spiro atoms. The van der Waals surface area contributed by atoms with E-state index in [4.69, 9.17) is 0 Å². The van der Waals surface area contributed by atoms with Gasteiger partial charge in [-0.15, -0.1) is 12.4 Å². The summed E-state index contributed by atoms with van der Waals surface area (Å²) in [4.78, 5) is 21.6. The summed E-state index contributed by atoms with van der Waals surface area (Å²) in [5.41, 5.74) is 1.12. The van der Waals surface area contributed by atoms with Gasteiger partial charge in [0.15, 0.2) is 5.69 Å². The largest absolute Gasteiger partial charge is 0.354 e. The fraction of sp³-hybridized carbons (Fsp3) is 0.526. The Labute approximate surface area is 171 Å². The average Bonchev–Trinajstić information content (AvgIpc) is 3.20. The van der Waals surface area contributed by atoms with E-state index in [0.717, 1.165) is 57.9 Å². The monoisotopic (exact) mass is 405 g/mol. The van der Waals surface area contributed by atoms with Crippen molar-refractivity contribution in [2.75, 3.05) is 56.5 Å². The zero-order chi connectivity index (χ0) is 18.6. The van der Waals surface area contributed by atoms with Gasteiger partial charge >= 0.3 is 0 Å². The molecule has 4 heterocycles. The van der Waals surface area contributed by atoms with E-state index >= 15 is 0 Å². The molecule has 2 aliphatic rings. The van der Waals surface area contributed by atoms with Crippen LogP contribution in [-0.2, 0) is 0 Å². The minimum absolute atomic E-state index is 0. The van der Waals surface area contributed by atoms with E-state index in [9.17, 15) is 4.79 Å². The zero-order valence-corrected chi connectivity index (χ0v) is 17.0. The number of aromatic nitrogens is 3. The van der Waals surface area contributed by atoms with Crippen LogP contribution in [0.1, 0.15) is 29.4 Å². The zero-order valence-electron chi connectivity index (χ0n) is 16.2. The van der Waals surface area contributed by atoms with E-state index in [2.05, 4.69) is 37.6 Å². The first-order chi connectivity index (χ1) is 13.2. The van der Waals surface area contributed by atoms with Gasteiger partial charge in [0.2, 0.25) is 0 Å². The topological polar surface area (TPSA) is 78.3 Å². The third kappa shape index (κ3) is 4.81. The number of carbonyl (C=O) groups excluding carboxylic acids is 1. The fourth-order valence-corrected chi connectivity index (χ4v) is 3.60. The van der Waals surface area contributed by atoms with Crippen LogP contribution in [-0.4, -0.2) is 71.9 Å². The number of anilines is 2. The van der Waals surface area contributed by atoms with Gasteiger partial charge in [0.1, 0.15) is 5.82 Å². The summed E-state index contributed by atoms with van der Waals surface area (Å²) < 4.78 is 1.90. The summed E-state index contributed by atoms with van der Waals surface area (Å²) in [5.74, 6) is 0.752. The summed E-state index contributed by atoms with van der Waals surface area (Å²) in [6.45, 7) is 5.99. The van der Waals surface area contributed by atoms with Gasteiger partial charge in [0.25, 0.3) is 5.91 Å². The van der Waals surface area contributed by atoms with Crippen LogP contribution in [0.2, 0.25) is 0 Å². The number of hydrogen-bond acceptors (Lipinski definition) is 6. The van der Waals surface area contributed by atoms with Crippen molar-refractivity contribution in [3.05, 3.63) is 36.3 Å². The molecular formula is C19H28ClN7O. The van der Waals surface area contributed by atoms with Crippen molar-refractivity contribution in [1.29, 1.82) is 0 Å². The van der Waals surface area contributed by atoms with Crippen molar-refractivity contribution in [3.8, 4) is 0 Å². The van der Waals surface area contributed by atoms with Crippen molar-refractivity contribution in [2.24, 2.45) is 0 Å². The van der Waals surface area contributed by atoms with Gasteiger partial charge in [-0.25, -0.2) is 4.98 Å². The third-order valence-electron chi connectivity index (χ3n) is 5.32. The highest BCUT2D eigenvalue weighted by Crippen LogP contribution is 2.18. The highest BCUT2D eigenvalue weighted by atomic mass is 35.5. The normalized spacial score (nSPS) is 20.5. The van der Waals surface area contributed by atoms with Crippen LogP contribution in [0.5, 0.6) is 0 Å². The molecule has 1 unspecified atom stereocenters. The Kier molecular flexibility index (Phi) is 6.88. The van der Waals surface area contributed by atoms with Crippen LogP contribution in [0.15, 0.2) is 30.6 Å². The van der Waals surface area contributed by atoms with E-state index in [0.29, 0.717) is 17.4 Å². The molecule has 8 nitrogen and oxygen atoms in total. The van der Waals surface area contributed by atoms with E-state index in [-0.39, 0.29) is 18.3 Å². The van der Waals surface area contributed by atoms with Gasteiger partial charge in [0, 0.05) is 38.9 Å². The first kappa shape index (κ1) is 20.6. The number of halogens is 1. The maximum Gasteiger partial charge on any atom is 0.276 e. The molecular weight excluding hydrogens is 378 g/mol. The Hall–Kier alpha value is -2.16. The maximum atomic E-state index is 12.5. The number of likely N-dealkylation sites (N-methyl/N-ethyl adjacent to an activating group) is 1. The number of pyridine rings is 1. The highest BCUT2D eigenvalue weighted by Gasteiger charge is 2.18. The molecule has 2 aromatic rings.